The fourth-order valence-electron chi connectivity index (χ4n) is 10.6. The van der Waals surface area contributed by atoms with Crippen LogP contribution in [0.4, 0.5) is 0 Å². The highest BCUT2D eigenvalue weighted by Crippen LogP contribution is 2.29. The second-order valence-electron chi connectivity index (χ2n) is 24.1. The number of unbranched alkanes of at least 4 members (excludes halogenated alkanes) is 4. The molecular weight excluding hydrogens is 1260 g/mol. The molecule has 0 bridgehead atoms. The summed E-state index contributed by atoms with van der Waals surface area (Å²) in [5, 5.41) is 101. The van der Waals surface area contributed by atoms with E-state index in [4.69, 9.17) is 4.74 Å². The van der Waals surface area contributed by atoms with Crippen LogP contribution in [0.1, 0.15) is 152 Å². The maximum Gasteiger partial charge on any atom is 0.242 e. The van der Waals surface area contributed by atoms with Crippen LogP contribution in [0, 0.1) is 11.8 Å². The van der Waals surface area contributed by atoms with Crippen LogP contribution in [0.3, 0.4) is 0 Å². The lowest BCUT2D eigenvalue weighted by atomic mass is 9.83. The van der Waals surface area contributed by atoms with Gasteiger partial charge in [0.1, 0.15) is 11.8 Å². The van der Waals surface area contributed by atoms with Gasteiger partial charge in [-0.25, -0.2) is 0 Å². The summed E-state index contributed by atoms with van der Waals surface area (Å²) in [5.74, 6) is -8.47. The number of amides is 8. The van der Waals surface area contributed by atoms with Crippen LogP contribution in [-0.4, -0.2) is 164 Å². The number of rotatable bonds is 48. The molecule has 0 fully saturated rings. The van der Waals surface area contributed by atoms with Gasteiger partial charge in [-0.05, 0) is 161 Å². The topological polar surface area (TPSA) is 438 Å². The molecule has 8 amide bonds. The van der Waals surface area contributed by atoms with Crippen LogP contribution in [-0.2, 0) is 78.4 Å². The van der Waals surface area contributed by atoms with E-state index in [0.29, 0.717) is 80.0 Å². The number of benzene rings is 4. The zero-order chi connectivity index (χ0) is 71.1. The first-order valence-electron chi connectivity index (χ1n) is 33.2. The predicted molar refractivity (Wildman–Crippen MR) is 358 cm³/mol. The second kappa shape index (κ2) is 44.2. The molecule has 0 heterocycles. The maximum absolute atomic E-state index is 14.9. The molecule has 0 aromatic heterocycles. The number of hydrogen-bond acceptors (Lipinski definition) is 19. The van der Waals surface area contributed by atoms with Gasteiger partial charge in [-0.3, -0.25) is 47.9 Å². The van der Waals surface area contributed by atoms with Crippen molar-refractivity contribution in [2.24, 2.45) is 11.8 Å². The molecule has 4 aromatic rings. The number of Topliss-reactive ketones (excluding diaryl/α,β-unsaturated/α-hetero) is 2. The lowest BCUT2D eigenvalue weighted by Gasteiger charge is -2.25. The number of nitrogens with one attached hydrogen (secondary N) is 8. The highest BCUT2D eigenvalue weighted by molar-refractivity contribution is 5.95. The minimum atomic E-state index is -1.15. The number of phenolic OH excluding ortho intramolecular Hbond substituents is 8. The van der Waals surface area contributed by atoms with Crippen LogP contribution in [0.2, 0.25) is 0 Å². The first-order chi connectivity index (χ1) is 46.4. The van der Waals surface area contributed by atoms with E-state index in [1.165, 1.54) is 62.4 Å². The molecule has 27 nitrogen and oxygen atoms in total. The van der Waals surface area contributed by atoms with Gasteiger partial charge < -0.3 is 88.1 Å². The summed E-state index contributed by atoms with van der Waals surface area (Å²) in [5.41, 5.74) is 2.53. The molecule has 0 aliphatic rings. The Kier molecular flexibility index (Phi) is 36.3. The lowest BCUT2D eigenvalue weighted by molar-refractivity contribution is -0.135. The fourth-order valence-corrected chi connectivity index (χ4v) is 10.6. The van der Waals surface area contributed by atoms with Gasteiger partial charge in [0.15, 0.2) is 51.8 Å². The van der Waals surface area contributed by atoms with Crippen molar-refractivity contribution in [2.75, 3.05) is 52.5 Å². The first kappa shape index (κ1) is 79.8. The van der Waals surface area contributed by atoms with Crippen molar-refractivity contribution < 1.29 is 93.5 Å². The lowest BCUT2D eigenvalue weighted by Crippen LogP contribution is -2.49. The minimum absolute atomic E-state index is 0.0299. The van der Waals surface area contributed by atoms with Crippen LogP contribution in [0.5, 0.6) is 46.0 Å². The van der Waals surface area contributed by atoms with Crippen molar-refractivity contribution in [1.82, 2.24) is 42.5 Å². The Morgan fingerprint density at radius 1 is 0.340 bits per heavy atom. The number of aromatic hydroxyl groups is 8. The zero-order valence-corrected chi connectivity index (χ0v) is 55.5. The third-order valence-corrected chi connectivity index (χ3v) is 16.1. The van der Waals surface area contributed by atoms with Crippen molar-refractivity contribution in [1.29, 1.82) is 0 Å². The molecule has 0 spiro atoms. The van der Waals surface area contributed by atoms with E-state index >= 15 is 0 Å². The molecule has 0 aliphatic heterocycles. The predicted octanol–water partition coefficient (Wildman–Crippen LogP) is 4.72. The molecule has 4 unspecified atom stereocenters. The number of aryl methyl sites for hydroxylation is 4. The molecule has 4 aromatic carbocycles. The van der Waals surface area contributed by atoms with E-state index in [2.05, 4.69) is 42.5 Å². The van der Waals surface area contributed by atoms with Gasteiger partial charge in [0.2, 0.25) is 47.3 Å². The SMILES string of the molecule is CC(=O)NCCOCCNC(=O)C(CCCCNC(=O)CCc1ccc(O)c(O)c1)NC(=O)C(CCCCNC(=O)CCc1ccc(O)c(O)c1)CC(=O)C(CCCCNC(=O)CCc1ccc(O)c(O)c1)CC(=O)C(CCCCNC(=O)CCc1ccc(O)c(O)c1)NC(C)=O. The molecule has 4 atom stereocenters. The van der Waals surface area contributed by atoms with Gasteiger partial charge in [-0.1, -0.05) is 37.1 Å². The number of carbonyl (C=O) groups is 10. The molecule has 27 heteroatoms. The number of ketones is 2. The number of ether oxygens (including phenoxy) is 1. The van der Waals surface area contributed by atoms with E-state index in [-0.39, 0.29) is 211 Å². The third kappa shape index (κ3) is 33.0. The van der Waals surface area contributed by atoms with Crippen molar-refractivity contribution >= 4 is 58.8 Å². The Morgan fingerprint density at radius 3 is 1.04 bits per heavy atom. The Morgan fingerprint density at radius 2 is 0.680 bits per heavy atom. The quantitative estimate of drug-likeness (QED) is 0.0210. The maximum atomic E-state index is 14.9. The number of carbonyl (C=O) groups excluding carboxylic acids is 10. The molecule has 532 valence electrons. The Hall–Kier alpha value is -9.66. The van der Waals surface area contributed by atoms with Crippen molar-refractivity contribution in [3.8, 4) is 46.0 Å². The highest BCUT2D eigenvalue weighted by atomic mass is 16.5. The van der Waals surface area contributed by atoms with E-state index in [1.807, 2.05) is 0 Å². The second-order valence-corrected chi connectivity index (χ2v) is 24.1. The third-order valence-electron chi connectivity index (χ3n) is 16.1. The zero-order valence-electron chi connectivity index (χ0n) is 55.5. The normalized spacial score (nSPS) is 12.2. The smallest absolute Gasteiger partial charge is 0.242 e. The largest absolute Gasteiger partial charge is 0.504 e. The average molecular weight is 1360 g/mol. The van der Waals surface area contributed by atoms with Gasteiger partial charge >= 0.3 is 0 Å². The van der Waals surface area contributed by atoms with Gasteiger partial charge in [0, 0.05) is 103 Å². The van der Waals surface area contributed by atoms with Crippen LogP contribution in [0.25, 0.3) is 0 Å². The van der Waals surface area contributed by atoms with Gasteiger partial charge in [-0.15, -0.1) is 0 Å². The molecule has 4 rings (SSSR count). The van der Waals surface area contributed by atoms with E-state index in [1.54, 1.807) is 24.3 Å². The van der Waals surface area contributed by atoms with Gasteiger partial charge in [0.05, 0.1) is 19.3 Å². The molecular formula is C70H98N8O19. The first-order valence-corrected chi connectivity index (χ1v) is 33.2. The molecule has 0 aliphatic carbocycles. The van der Waals surface area contributed by atoms with E-state index in [0.717, 1.165) is 0 Å². The van der Waals surface area contributed by atoms with E-state index < -0.39 is 53.2 Å². The van der Waals surface area contributed by atoms with Crippen molar-refractivity contribution in [2.45, 2.75) is 167 Å². The molecule has 97 heavy (non-hydrogen) atoms. The van der Waals surface area contributed by atoms with Crippen LogP contribution >= 0.6 is 0 Å². The Bertz CT molecular complexity index is 3230. The summed E-state index contributed by atoms with van der Waals surface area (Å²) in [7, 11) is 0. The van der Waals surface area contributed by atoms with Gasteiger partial charge in [-0.2, -0.15) is 0 Å². The Balaban J connectivity index is 1.52. The fraction of sp³-hybridized carbons (Fsp3) is 0.514. The molecule has 16 N–H and O–H groups in total. The summed E-state index contributed by atoms with van der Waals surface area (Å²) in [6.45, 7) is 3.97. The number of hydrogen-bond donors (Lipinski definition) is 16. The van der Waals surface area contributed by atoms with Crippen molar-refractivity contribution in [3.05, 3.63) is 95.1 Å². The monoisotopic (exact) mass is 1350 g/mol. The average Bonchev–Trinajstić information content (AvgIpc) is 1.30. The van der Waals surface area contributed by atoms with Crippen LogP contribution in [0.15, 0.2) is 72.8 Å². The highest BCUT2D eigenvalue weighted by Gasteiger charge is 2.32. The standard InChI is InChI=1S/C70H98N8O19/c1-45(79)71-35-37-97-38-36-76-70(96)54(14-6-10-34-75-68(94)30-22-50-18-26-58(84)64(90)42-50)78-69(95)52(12-4-8-32-73-66(92)28-20-48-16-24-56(82)62(88)40-48)44-59(85)51(11-3-7-31-72-65(91)27-19-47-15-23-55(81)61(87)39-47)43-60(86)53(77-46(2)80)13-5-9-33-74-67(93)29-21-49-17-25-57(83)63(89)41-49/h15-18,23-26,39-42,51-54,81-84,87-90H,3-14,19-22,27-38,43-44H2,1-2H3,(H,71,79)(H,72,91)(H,73,92)(H,74,93)(H,75,94)(H,76,96)(H,77,80)(H,78,95). The summed E-state index contributed by atoms with van der Waals surface area (Å²) in [4.78, 5) is 133. The summed E-state index contributed by atoms with van der Waals surface area (Å²) >= 11 is 0. The number of phenols is 8. The molecule has 0 radical (unpaired) electrons. The van der Waals surface area contributed by atoms with E-state index in [9.17, 15) is 88.8 Å². The molecule has 0 saturated carbocycles. The minimum Gasteiger partial charge on any atom is -0.504 e. The summed E-state index contributed by atoms with van der Waals surface area (Å²) in [6.07, 6.45) is 4.11. The summed E-state index contributed by atoms with van der Waals surface area (Å²) in [6, 6.07) is 14.9. The van der Waals surface area contributed by atoms with Gasteiger partial charge in [0.25, 0.3) is 0 Å². The van der Waals surface area contributed by atoms with Crippen molar-refractivity contribution in [3.63, 3.8) is 0 Å². The van der Waals surface area contributed by atoms with Crippen LogP contribution < -0.4 is 42.5 Å². The molecule has 0 saturated heterocycles. The Labute approximate surface area is 565 Å². The summed E-state index contributed by atoms with van der Waals surface area (Å²) < 4.78 is 5.56.